The van der Waals surface area contributed by atoms with Crippen LogP contribution in [0, 0.1) is 5.92 Å². The van der Waals surface area contributed by atoms with Gasteiger partial charge in [-0.2, -0.15) is 0 Å². The van der Waals surface area contributed by atoms with Gasteiger partial charge >= 0.3 is 0 Å². The first-order chi connectivity index (χ1) is 16.2. The molecule has 166 valence electrons. The maximum Gasteiger partial charge on any atom is 0.272 e. The lowest BCUT2D eigenvalue weighted by atomic mass is 10.00. The second-order valence-corrected chi connectivity index (χ2v) is 8.64. The molecular formula is C28H27N3O2. The summed E-state index contributed by atoms with van der Waals surface area (Å²) in [5.41, 5.74) is 3.67. The third kappa shape index (κ3) is 4.67. The molecule has 0 radical (unpaired) electrons. The van der Waals surface area contributed by atoms with Gasteiger partial charge in [0.15, 0.2) is 0 Å². The van der Waals surface area contributed by atoms with Crippen molar-refractivity contribution in [2.45, 2.75) is 19.8 Å². The van der Waals surface area contributed by atoms with E-state index >= 15 is 0 Å². The zero-order valence-electron chi connectivity index (χ0n) is 18.7. The molecular weight excluding hydrogens is 410 g/mol. The molecule has 0 aliphatic carbocycles. The molecule has 0 saturated carbocycles. The molecule has 0 bridgehead atoms. The number of ether oxygens (including phenoxy) is 1. The van der Waals surface area contributed by atoms with Gasteiger partial charge in [0.1, 0.15) is 17.2 Å². The topological polar surface area (TPSA) is 47.4 Å². The van der Waals surface area contributed by atoms with Crippen molar-refractivity contribution in [2.75, 3.05) is 13.1 Å². The van der Waals surface area contributed by atoms with Crippen LogP contribution in [0.3, 0.4) is 0 Å². The van der Waals surface area contributed by atoms with Gasteiger partial charge in [-0.3, -0.25) is 9.36 Å². The van der Waals surface area contributed by atoms with Crippen LogP contribution in [0.25, 0.3) is 16.8 Å². The Morgan fingerprint density at radius 2 is 1.73 bits per heavy atom. The Kier molecular flexibility index (Phi) is 5.94. The minimum atomic E-state index is 0.0480. The van der Waals surface area contributed by atoms with Crippen molar-refractivity contribution >= 4 is 5.91 Å². The summed E-state index contributed by atoms with van der Waals surface area (Å²) in [6.07, 6.45) is 5.63. The number of carbonyl (C=O) groups excluding carboxylic acids is 1. The molecule has 0 N–H and O–H groups in total. The van der Waals surface area contributed by atoms with Crippen molar-refractivity contribution in [1.82, 2.24) is 14.5 Å². The van der Waals surface area contributed by atoms with Crippen LogP contribution in [0.2, 0.25) is 0 Å². The number of aromatic nitrogens is 2. The Balaban J connectivity index is 1.37. The Morgan fingerprint density at radius 3 is 2.52 bits per heavy atom. The summed E-state index contributed by atoms with van der Waals surface area (Å²) < 4.78 is 7.79. The van der Waals surface area contributed by atoms with Gasteiger partial charge in [-0.15, -0.1) is 0 Å². The van der Waals surface area contributed by atoms with Crippen LogP contribution in [-0.4, -0.2) is 33.4 Å². The molecule has 33 heavy (non-hydrogen) atoms. The van der Waals surface area contributed by atoms with Crippen LogP contribution in [0.1, 0.15) is 30.3 Å². The number of amides is 1. The Bertz CT molecular complexity index is 1230. The molecule has 1 aliphatic heterocycles. The molecule has 1 atom stereocenters. The monoisotopic (exact) mass is 437 g/mol. The molecule has 5 rings (SSSR count). The van der Waals surface area contributed by atoms with Gasteiger partial charge in [0, 0.05) is 18.8 Å². The smallest absolute Gasteiger partial charge is 0.272 e. The number of hydrogen-bond donors (Lipinski definition) is 0. The third-order valence-corrected chi connectivity index (χ3v) is 6.09. The third-order valence-electron chi connectivity index (χ3n) is 6.09. The van der Waals surface area contributed by atoms with Crippen molar-refractivity contribution in [3.8, 4) is 28.3 Å². The van der Waals surface area contributed by atoms with Crippen LogP contribution < -0.4 is 4.74 Å². The zero-order valence-corrected chi connectivity index (χ0v) is 18.7. The molecule has 0 spiro atoms. The summed E-state index contributed by atoms with van der Waals surface area (Å²) in [6.45, 7) is 3.82. The second kappa shape index (κ2) is 9.33. The highest BCUT2D eigenvalue weighted by molar-refractivity contribution is 5.93. The molecule has 0 unspecified atom stereocenters. The summed E-state index contributed by atoms with van der Waals surface area (Å²) in [7, 11) is 0. The van der Waals surface area contributed by atoms with Crippen molar-refractivity contribution in [2.24, 2.45) is 5.92 Å². The van der Waals surface area contributed by atoms with E-state index in [1.165, 1.54) is 6.42 Å². The molecule has 1 saturated heterocycles. The molecule has 4 aromatic rings. The van der Waals surface area contributed by atoms with E-state index in [2.05, 4.69) is 24.0 Å². The number of likely N-dealkylation sites (tertiary alicyclic amines) is 1. The standard InChI is InChI=1S/C28H27N3O2/c1-21-7-6-16-30(19-21)28(32)27-18-29-20-31(27)24-9-5-8-23(17-24)22-12-14-26(15-13-22)33-25-10-3-2-4-11-25/h2-5,8-15,17-18,20-21H,6-7,16,19H2,1H3/t21-/m0/s1. The average molecular weight is 438 g/mol. The van der Waals surface area contributed by atoms with Gasteiger partial charge in [0.2, 0.25) is 0 Å². The first-order valence-electron chi connectivity index (χ1n) is 11.4. The Morgan fingerprint density at radius 1 is 0.939 bits per heavy atom. The lowest BCUT2D eigenvalue weighted by molar-refractivity contribution is 0.0675. The fourth-order valence-electron chi connectivity index (χ4n) is 4.37. The highest BCUT2D eigenvalue weighted by atomic mass is 16.5. The van der Waals surface area contributed by atoms with Gasteiger partial charge in [0.05, 0.1) is 12.5 Å². The maximum atomic E-state index is 13.2. The number of carbonyl (C=O) groups is 1. The summed E-state index contributed by atoms with van der Waals surface area (Å²) >= 11 is 0. The minimum Gasteiger partial charge on any atom is -0.457 e. The van der Waals surface area contributed by atoms with Crippen LogP contribution in [0.5, 0.6) is 11.5 Å². The molecule has 5 heteroatoms. The molecule has 2 heterocycles. The minimum absolute atomic E-state index is 0.0480. The summed E-state index contributed by atoms with van der Waals surface area (Å²) in [4.78, 5) is 19.4. The van der Waals surface area contributed by atoms with E-state index in [1.807, 2.05) is 76.2 Å². The summed E-state index contributed by atoms with van der Waals surface area (Å²) in [6, 6.07) is 26.0. The average Bonchev–Trinajstić information content (AvgIpc) is 3.35. The van der Waals surface area contributed by atoms with E-state index in [-0.39, 0.29) is 5.91 Å². The first-order valence-corrected chi connectivity index (χ1v) is 11.4. The highest BCUT2D eigenvalue weighted by Gasteiger charge is 2.24. The Labute approximate surface area is 194 Å². The summed E-state index contributed by atoms with van der Waals surface area (Å²) in [5.74, 6) is 2.19. The van der Waals surface area contributed by atoms with Gasteiger partial charge in [-0.1, -0.05) is 49.4 Å². The van der Waals surface area contributed by atoms with E-state index in [0.717, 1.165) is 47.8 Å². The van der Waals surface area contributed by atoms with Crippen molar-refractivity contribution in [3.63, 3.8) is 0 Å². The number of piperidine rings is 1. The quantitative estimate of drug-likeness (QED) is 0.373. The van der Waals surface area contributed by atoms with Crippen LogP contribution in [-0.2, 0) is 0 Å². The lowest BCUT2D eigenvalue weighted by Crippen LogP contribution is -2.39. The van der Waals surface area contributed by atoms with E-state index in [1.54, 1.807) is 12.5 Å². The van der Waals surface area contributed by atoms with E-state index in [9.17, 15) is 4.79 Å². The maximum absolute atomic E-state index is 13.2. The van der Waals surface area contributed by atoms with Gasteiger partial charge in [-0.05, 0) is 66.3 Å². The fourth-order valence-corrected chi connectivity index (χ4v) is 4.37. The van der Waals surface area contributed by atoms with Crippen molar-refractivity contribution in [3.05, 3.63) is 97.1 Å². The molecule has 1 amide bonds. The van der Waals surface area contributed by atoms with E-state index < -0.39 is 0 Å². The number of imidazole rings is 1. The van der Waals surface area contributed by atoms with Crippen LogP contribution >= 0.6 is 0 Å². The summed E-state index contributed by atoms with van der Waals surface area (Å²) in [5, 5.41) is 0. The predicted molar refractivity (Wildman–Crippen MR) is 130 cm³/mol. The SMILES string of the molecule is C[C@H]1CCCN(C(=O)c2cncn2-c2cccc(-c3ccc(Oc4ccccc4)cc3)c2)C1. The lowest BCUT2D eigenvalue weighted by Gasteiger charge is -2.31. The highest BCUT2D eigenvalue weighted by Crippen LogP contribution is 2.28. The number of rotatable bonds is 5. The number of para-hydroxylation sites is 1. The zero-order chi connectivity index (χ0) is 22.6. The molecule has 1 aromatic heterocycles. The van der Waals surface area contributed by atoms with Gasteiger partial charge < -0.3 is 9.64 Å². The second-order valence-electron chi connectivity index (χ2n) is 8.64. The van der Waals surface area contributed by atoms with Crippen LogP contribution in [0.4, 0.5) is 0 Å². The van der Waals surface area contributed by atoms with E-state index in [0.29, 0.717) is 11.6 Å². The van der Waals surface area contributed by atoms with Gasteiger partial charge in [0.25, 0.3) is 5.91 Å². The van der Waals surface area contributed by atoms with Gasteiger partial charge in [-0.25, -0.2) is 4.98 Å². The number of hydrogen-bond acceptors (Lipinski definition) is 3. The number of benzene rings is 3. The molecule has 5 nitrogen and oxygen atoms in total. The molecule has 1 fully saturated rings. The molecule has 1 aliphatic rings. The molecule has 3 aromatic carbocycles. The first kappa shape index (κ1) is 21.0. The number of nitrogens with zero attached hydrogens (tertiary/aromatic N) is 3. The normalized spacial score (nSPS) is 15.9. The Hall–Kier alpha value is -3.86. The van der Waals surface area contributed by atoms with Crippen molar-refractivity contribution < 1.29 is 9.53 Å². The predicted octanol–water partition coefficient (Wildman–Crippen LogP) is 6.20. The fraction of sp³-hybridized carbons (Fsp3) is 0.214. The van der Waals surface area contributed by atoms with E-state index in [4.69, 9.17) is 4.74 Å². The van der Waals surface area contributed by atoms with Crippen LogP contribution in [0.15, 0.2) is 91.4 Å². The van der Waals surface area contributed by atoms with Crippen molar-refractivity contribution in [1.29, 1.82) is 0 Å². The largest absolute Gasteiger partial charge is 0.457 e.